The molecule has 0 atom stereocenters. The van der Waals surface area contributed by atoms with Crippen molar-refractivity contribution in [3.63, 3.8) is 0 Å². The number of aryl methyl sites for hydroxylation is 1. The first kappa shape index (κ1) is 17.0. The van der Waals surface area contributed by atoms with Gasteiger partial charge in [0.25, 0.3) is 0 Å². The molecule has 1 aromatic heterocycles. The zero-order valence-electron chi connectivity index (χ0n) is 15.0. The lowest BCUT2D eigenvalue weighted by molar-refractivity contribution is 0.340. The van der Waals surface area contributed by atoms with Crippen molar-refractivity contribution < 1.29 is 13.5 Å². The zero-order chi connectivity index (χ0) is 18.8. The van der Waals surface area contributed by atoms with Crippen LogP contribution in [0.4, 0.5) is 10.1 Å². The molecule has 0 aliphatic carbocycles. The van der Waals surface area contributed by atoms with Crippen LogP contribution in [0.1, 0.15) is 29.6 Å². The Hall–Kier alpha value is -3.41. The standard InChI is InChI=1S/C21H18FN3O2/c1-3-26-16-8-5-14(6-9-16)21-23-18-10-7-15(22)12-17(18)20(24-25-21)19-11-4-13(2)27-19/h4-12H,3H2,1-2H3,(H,23,25). The van der Waals surface area contributed by atoms with Gasteiger partial charge in [-0.25, -0.2) is 9.38 Å². The molecule has 1 aliphatic rings. The number of benzene rings is 2. The van der Waals surface area contributed by atoms with Gasteiger partial charge in [-0.3, -0.25) is 5.43 Å². The third kappa shape index (κ3) is 3.46. The van der Waals surface area contributed by atoms with Crippen LogP contribution in [0.25, 0.3) is 0 Å². The van der Waals surface area contributed by atoms with E-state index >= 15 is 0 Å². The number of hydrazone groups is 1. The summed E-state index contributed by atoms with van der Waals surface area (Å²) in [6, 6.07) is 15.6. The maximum atomic E-state index is 13.9. The van der Waals surface area contributed by atoms with Gasteiger partial charge < -0.3 is 9.15 Å². The third-order valence-corrected chi connectivity index (χ3v) is 4.13. The molecule has 3 aromatic rings. The average Bonchev–Trinajstić information content (AvgIpc) is 3.00. The second kappa shape index (κ2) is 7.07. The van der Waals surface area contributed by atoms with Crippen LogP contribution in [-0.2, 0) is 0 Å². The smallest absolute Gasteiger partial charge is 0.155 e. The maximum Gasteiger partial charge on any atom is 0.155 e. The Morgan fingerprint density at radius 1 is 1.07 bits per heavy atom. The Kier molecular flexibility index (Phi) is 4.46. The van der Waals surface area contributed by atoms with E-state index < -0.39 is 0 Å². The molecular formula is C21H18FN3O2. The fraction of sp³-hybridized carbons (Fsp3) is 0.143. The van der Waals surface area contributed by atoms with Crippen LogP contribution in [0.15, 0.2) is 69.1 Å². The number of rotatable bonds is 4. The molecule has 27 heavy (non-hydrogen) atoms. The number of nitrogens with zero attached hydrogens (tertiary/aromatic N) is 2. The molecule has 0 fully saturated rings. The number of furan rings is 1. The molecular weight excluding hydrogens is 345 g/mol. The number of halogens is 1. The van der Waals surface area contributed by atoms with Crippen LogP contribution in [0.2, 0.25) is 0 Å². The molecule has 5 nitrogen and oxygen atoms in total. The molecule has 1 aliphatic heterocycles. The summed E-state index contributed by atoms with van der Waals surface area (Å²) in [5.41, 5.74) is 5.51. The van der Waals surface area contributed by atoms with E-state index in [2.05, 4.69) is 15.5 Å². The van der Waals surface area contributed by atoms with Crippen molar-refractivity contribution in [1.29, 1.82) is 0 Å². The lowest BCUT2D eigenvalue weighted by atomic mass is 10.1. The quantitative estimate of drug-likeness (QED) is 0.739. The van der Waals surface area contributed by atoms with Crippen molar-refractivity contribution in [2.24, 2.45) is 10.1 Å². The summed E-state index contributed by atoms with van der Waals surface area (Å²) in [6.07, 6.45) is 0. The van der Waals surface area contributed by atoms with Crippen molar-refractivity contribution in [3.05, 3.63) is 83.1 Å². The summed E-state index contributed by atoms with van der Waals surface area (Å²) < 4.78 is 25.1. The number of fused-ring (bicyclic) bond motifs is 1. The number of amidine groups is 1. The SMILES string of the molecule is CCOc1ccc(C2=Nc3ccc(F)cc3C(c3ccc(C)o3)=NN2)cc1. The molecule has 2 heterocycles. The molecule has 1 N–H and O–H groups in total. The van der Waals surface area contributed by atoms with Gasteiger partial charge in [-0.2, -0.15) is 5.10 Å². The van der Waals surface area contributed by atoms with E-state index in [1.54, 1.807) is 6.07 Å². The van der Waals surface area contributed by atoms with E-state index in [0.717, 1.165) is 17.1 Å². The van der Waals surface area contributed by atoms with Gasteiger partial charge in [0.15, 0.2) is 11.6 Å². The van der Waals surface area contributed by atoms with E-state index in [1.165, 1.54) is 12.1 Å². The molecule has 0 saturated heterocycles. The summed E-state index contributed by atoms with van der Waals surface area (Å²) in [5, 5.41) is 4.45. The van der Waals surface area contributed by atoms with Crippen molar-refractivity contribution in [3.8, 4) is 5.75 Å². The molecule has 0 unspecified atom stereocenters. The molecule has 0 bridgehead atoms. The largest absolute Gasteiger partial charge is 0.494 e. The number of hydrogen-bond donors (Lipinski definition) is 1. The topological polar surface area (TPSA) is 59.1 Å². The monoisotopic (exact) mass is 363 g/mol. The number of aliphatic imine (C=N–C) groups is 1. The minimum Gasteiger partial charge on any atom is -0.494 e. The molecule has 2 aromatic carbocycles. The second-order valence-electron chi connectivity index (χ2n) is 6.06. The highest BCUT2D eigenvalue weighted by molar-refractivity contribution is 6.16. The second-order valence-corrected chi connectivity index (χ2v) is 6.06. The minimum absolute atomic E-state index is 0.357. The van der Waals surface area contributed by atoms with E-state index in [-0.39, 0.29) is 5.82 Å². The predicted molar refractivity (Wildman–Crippen MR) is 102 cm³/mol. The molecule has 0 radical (unpaired) electrons. The van der Waals surface area contributed by atoms with Crippen molar-refractivity contribution in [2.75, 3.05) is 6.61 Å². The van der Waals surface area contributed by atoms with Crippen molar-refractivity contribution in [2.45, 2.75) is 13.8 Å². The summed E-state index contributed by atoms with van der Waals surface area (Å²) in [6.45, 7) is 4.39. The predicted octanol–water partition coefficient (Wildman–Crippen LogP) is 4.56. The fourth-order valence-electron chi connectivity index (χ4n) is 2.86. The number of hydrogen-bond acceptors (Lipinski definition) is 5. The highest BCUT2D eigenvalue weighted by atomic mass is 19.1. The Morgan fingerprint density at radius 3 is 2.59 bits per heavy atom. The Bertz CT molecular complexity index is 1040. The first-order valence-corrected chi connectivity index (χ1v) is 8.66. The van der Waals surface area contributed by atoms with Gasteiger partial charge in [0.05, 0.1) is 12.3 Å². The fourth-order valence-corrected chi connectivity index (χ4v) is 2.86. The minimum atomic E-state index is -0.357. The van der Waals surface area contributed by atoms with Crippen LogP contribution in [-0.4, -0.2) is 18.2 Å². The lowest BCUT2D eigenvalue weighted by Gasteiger charge is -2.07. The van der Waals surface area contributed by atoms with Gasteiger partial charge in [-0.05, 0) is 68.4 Å². The van der Waals surface area contributed by atoms with Crippen LogP contribution < -0.4 is 10.2 Å². The Morgan fingerprint density at radius 2 is 1.89 bits per heavy atom. The summed E-state index contributed by atoms with van der Waals surface area (Å²) in [7, 11) is 0. The highest BCUT2D eigenvalue weighted by Gasteiger charge is 2.20. The molecule has 6 heteroatoms. The van der Waals surface area contributed by atoms with Gasteiger partial charge in [0, 0.05) is 11.1 Å². The van der Waals surface area contributed by atoms with Crippen molar-refractivity contribution >= 4 is 17.2 Å². The third-order valence-electron chi connectivity index (χ3n) is 4.13. The normalized spacial score (nSPS) is 13.1. The zero-order valence-corrected chi connectivity index (χ0v) is 15.0. The summed E-state index contributed by atoms with van der Waals surface area (Å²) in [5.74, 6) is 2.29. The molecule has 4 rings (SSSR count). The Labute approximate surface area is 156 Å². The first-order chi connectivity index (χ1) is 13.1. The maximum absolute atomic E-state index is 13.9. The van der Waals surface area contributed by atoms with Crippen LogP contribution in [0.5, 0.6) is 5.75 Å². The van der Waals surface area contributed by atoms with E-state index in [9.17, 15) is 4.39 Å². The van der Waals surface area contributed by atoms with Gasteiger partial charge >= 0.3 is 0 Å². The van der Waals surface area contributed by atoms with Gasteiger partial charge in [-0.15, -0.1) is 0 Å². The highest BCUT2D eigenvalue weighted by Crippen LogP contribution is 2.27. The number of ether oxygens (including phenoxy) is 1. The van der Waals surface area contributed by atoms with Crippen LogP contribution in [0, 0.1) is 12.7 Å². The van der Waals surface area contributed by atoms with Gasteiger partial charge in [0.1, 0.15) is 23.0 Å². The average molecular weight is 363 g/mol. The van der Waals surface area contributed by atoms with E-state index in [1.807, 2.05) is 50.2 Å². The van der Waals surface area contributed by atoms with Crippen LogP contribution in [0.3, 0.4) is 0 Å². The van der Waals surface area contributed by atoms with E-state index in [4.69, 9.17) is 9.15 Å². The molecule has 0 spiro atoms. The Balaban J connectivity index is 1.78. The van der Waals surface area contributed by atoms with Gasteiger partial charge in [-0.1, -0.05) is 0 Å². The first-order valence-electron chi connectivity index (χ1n) is 8.66. The molecule has 0 saturated carbocycles. The van der Waals surface area contributed by atoms with Crippen LogP contribution >= 0.6 is 0 Å². The van der Waals surface area contributed by atoms with Crippen molar-refractivity contribution in [1.82, 2.24) is 5.43 Å². The van der Waals surface area contributed by atoms with Gasteiger partial charge in [0.2, 0.25) is 0 Å². The molecule has 0 amide bonds. The number of nitrogens with one attached hydrogen (secondary N) is 1. The van der Waals surface area contributed by atoms with E-state index in [0.29, 0.717) is 35.2 Å². The summed E-state index contributed by atoms with van der Waals surface area (Å²) >= 11 is 0. The molecule has 136 valence electrons. The lowest BCUT2D eigenvalue weighted by Crippen LogP contribution is -2.19. The summed E-state index contributed by atoms with van der Waals surface area (Å²) in [4.78, 5) is 4.65.